The van der Waals surface area contributed by atoms with Gasteiger partial charge in [0.1, 0.15) is 5.57 Å². The van der Waals surface area contributed by atoms with Gasteiger partial charge in [-0.15, -0.1) is 0 Å². The van der Waals surface area contributed by atoms with Gasteiger partial charge in [-0.3, -0.25) is 4.79 Å². The fourth-order valence-corrected chi connectivity index (χ4v) is 23.8. The molecular weight excluding hydrogens is 1100 g/mol. The molecule has 6 aliphatic carbocycles. The first-order valence-corrected chi connectivity index (χ1v) is 31.3. The zero-order valence-electron chi connectivity index (χ0n) is 48.9. The summed E-state index contributed by atoms with van der Waals surface area (Å²) in [4.78, 5) is 95.7. The van der Waals surface area contributed by atoms with E-state index in [-0.39, 0.29) is 28.3 Å². The molecule has 22 aromatic rings. The third kappa shape index (κ3) is 2.85. The average Bonchev–Trinajstić information content (AvgIpc) is 1.39. The summed E-state index contributed by atoms with van der Waals surface area (Å²) in [6, 6.07) is 0. The molecule has 12 nitrogen and oxygen atoms in total. The molecule has 2 aliphatic heterocycles. The summed E-state index contributed by atoms with van der Waals surface area (Å²) in [5.41, 5.74) is -6.22. The summed E-state index contributed by atoms with van der Waals surface area (Å²) in [6.07, 6.45) is 0. The Kier molecular flexibility index (Phi) is 4.74. The Balaban J connectivity index is 1.08. The molecule has 0 fully saturated rings. The van der Waals surface area contributed by atoms with Gasteiger partial charge < -0.3 is 9.47 Å². The second-order valence-electron chi connectivity index (χ2n) is 32.8. The molecule has 2 bridgehead atoms. The minimum Gasteiger partial charge on any atom is -0.454 e. The molecule has 8 aliphatic rings. The van der Waals surface area contributed by atoms with E-state index in [0.29, 0.717) is 33.0 Å². The van der Waals surface area contributed by atoms with Crippen LogP contribution in [-0.2, 0) is 75.8 Å². The highest BCUT2D eigenvalue weighted by molar-refractivity contribution is 6.77. The molecule has 2 heterocycles. The van der Waals surface area contributed by atoms with Crippen LogP contribution >= 0.6 is 0 Å². The third-order valence-electron chi connectivity index (χ3n) is 24.8. The molecule has 0 spiro atoms. The number of ether oxygens (including phenoxy) is 2. The number of rotatable bonds is 8. The Morgan fingerprint density at radius 1 is 0.227 bits per heavy atom. The molecule has 0 unspecified atom stereocenters. The van der Waals surface area contributed by atoms with Gasteiger partial charge in [-0.2, -0.15) is 0 Å². The van der Waals surface area contributed by atoms with Gasteiger partial charge in [-0.05, 0) is 266 Å². The van der Waals surface area contributed by atoms with E-state index in [9.17, 15) is 0 Å². The van der Waals surface area contributed by atoms with Crippen molar-refractivity contribution in [2.45, 2.75) is 128 Å². The van der Waals surface area contributed by atoms with E-state index in [0.717, 1.165) is 125 Å². The fraction of sp³-hybridized carbons (Fsp3) is 0.263. The summed E-state index contributed by atoms with van der Waals surface area (Å²) < 4.78 is 16.3. The van der Waals surface area contributed by atoms with E-state index in [1.54, 1.807) is 0 Å². The van der Waals surface area contributed by atoms with Crippen LogP contribution in [0.3, 0.4) is 0 Å². The minimum atomic E-state index is -2.06. The maximum absolute atomic E-state index is 18.1. The van der Waals surface area contributed by atoms with Gasteiger partial charge in [0, 0.05) is 87.6 Å². The molecule has 22 aromatic carbocycles. The first-order chi connectivity index (χ1) is 42.1. The maximum Gasteiger partial charge on any atom is 0.346 e. The van der Waals surface area contributed by atoms with E-state index in [4.69, 9.17) is 48.6 Å². The van der Waals surface area contributed by atoms with Gasteiger partial charge in [0.25, 0.3) is 0 Å². The molecule has 30 rings (SSSR count). The van der Waals surface area contributed by atoms with Crippen LogP contribution < -0.4 is 5.43 Å². The van der Waals surface area contributed by atoms with Gasteiger partial charge in [0.15, 0.2) is 28.3 Å². The number of hydrogen-bond donors (Lipinski definition) is 0. The van der Waals surface area contributed by atoms with Crippen LogP contribution in [0, 0.1) is 0 Å². The van der Waals surface area contributed by atoms with Crippen molar-refractivity contribution in [1.82, 2.24) is 0 Å². The van der Waals surface area contributed by atoms with Gasteiger partial charge >= 0.3 is 5.97 Å². The molecule has 0 saturated heterocycles. The lowest BCUT2D eigenvalue weighted by molar-refractivity contribution is -0.407. The van der Waals surface area contributed by atoms with Crippen molar-refractivity contribution in [3.63, 3.8) is 0 Å². The topological polar surface area (TPSA) is 126 Å². The van der Waals surface area contributed by atoms with Crippen molar-refractivity contribution in [1.29, 1.82) is 0 Å². The zero-order valence-corrected chi connectivity index (χ0v) is 48.9. The minimum absolute atomic E-state index is 0.00756. The molecule has 0 saturated carbocycles. The number of hydrogen-bond acceptors (Lipinski definition) is 12. The quantitative estimate of drug-likeness (QED) is 0.0622. The smallest absolute Gasteiger partial charge is 0.346 e. The van der Waals surface area contributed by atoms with Crippen LogP contribution in [0.1, 0.15) is 128 Å². The van der Waals surface area contributed by atoms with E-state index >= 15 is 9.59 Å². The molecule has 412 valence electrons. The summed E-state index contributed by atoms with van der Waals surface area (Å²) in [6.45, 7) is 23.7. The van der Waals surface area contributed by atoms with Crippen LogP contribution in [0.25, 0.3) is 226 Å². The lowest BCUT2D eigenvalue weighted by atomic mass is 9.66. The molecule has 4 atom stereocenters. The Morgan fingerprint density at radius 2 is 0.420 bits per heavy atom. The molecule has 12 heteroatoms. The van der Waals surface area contributed by atoms with E-state index in [2.05, 4.69) is 0 Å². The van der Waals surface area contributed by atoms with Crippen molar-refractivity contribution < 1.29 is 53.4 Å². The normalized spacial score (nSPS) is 25.3. The number of benzene rings is 15. The summed E-state index contributed by atoms with van der Waals surface area (Å²) in [5, 5.41) is 47.5. The van der Waals surface area contributed by atoms with Crippen LogP contribution in [0.5, 0.6) is 0 Å². The lowest BCUT2D eigenvalue weighted by Gasteiger charge is -2.45. The summed E-state index contributed by atoms with van der Waals surface area (Å²) in [7, 11) is 0. The van der Waals surface area contributed by atoms with Gasteiger partial charge in [0.05, 0.1) is 22.4 Å². The van der Waals surface area contributed by atoms with Crippen LogP contribution in [-0.4, -0.2) is 28.4 Å². The second kappa shape index (κ2) is 10.00. The Hall–Kier alpha value is -8.40. The first kappa shape index (κ1) is 41.7. The monoisotopic (exact) mass is 1140 g/mol. The lowest BCUT2D eigenvalue weighted by Crippen LogP contribution is -2.50. The largest absolute Gasteiger partial charge is 0.454 e. The molecule has 88 heavy (non-hydrogen) atoms. The summed E-state index contributed by atoms with van der Waals surface area (Å²) in [5.74, 6) is -0.578. The molecular formula is C76H36O12. The highest BCUT2D eigenvalue weighted by atomic mass is 17.2. The van der Waals surface area contributed by atoms with Crippen molar-refractivity contribution in [2.24, 2.45) is 0 Å². The second-order valence-corrected chi connectivity index (χ2v) is 32.8. The van der Waals surface area contributed by atoms with Crippen LogP contribution in [0.2, 0.25) is 0 Å². The maximum atomic E-state index is 18.1. The van der Waals surface area contributed by atoms with E-state index in [1.807, 2.05) is 83.1 Å². The molecule has 0 radical (unpaired) electrons. The molecule has 0 N–H and O–H groups in total. The van der Waals surface area contributed by atoms with E-state index in [1.165, 1.54) is 113 Å². The number of carbonyl (C=O) groups excluding carboxylic acids is 1. The highest BCUT2D eigenvalue weighted by Gasteiger charge is 2.78. The Morgan fingerprint density at radius 3 is 0.705 bits per heavy atom. The predicted molar refractivity (Wildman–Crippen MR) is 336 cm³/mol. The van der Waals surface area contributed by atoms with Crippen molar-refractivity contribution in [3.05, 3.63) is 77.6 Å². The van der Waals surface area contributed by atoms with Crippen molar-refractivity contribution in [2.75, 3.05) is 0 Å². The standard InChI is InChI=1S/C76H36O12/c1-69(2,3)81-85-73-55-45-35-25-18-13-14-16-17-15(13)22-27(25)37-39-29(22)31-24(17)32-30-23(16)28-26-19(14)21-20(18)33(35)43-44-34(21)36(26)46-48-38(28)40(30)51-52-42(32)41(31)50-49(39)58(57(73)47(37)45)75(87-83-71(7,8)9)60(50)62(52)76(88-84-72(10,11)12)61(51)59(48)74(86-82-70(4,5)6,56(46)54(44)64(77)53(43)55)67-66(76)79-65(75)63(73)68(78)80-67/h1-12H3/t73-,74+,75-,76+/m1/s1. The van der Waals surface area contributed by atoms with E-state index < -0.39 is 50.8 Å². The molecule has 0 amide bonds. The molecule has 0 aromatic heterocycles. The van der Waals surface area contributed by atoms with Gasteiger partial charge in [-0.1, -0.05) is 0 Å². The number of esters is 1. The van der Waals surface area contributed by atoms with Crippen LogP contribution in [0.4, 0.5) is 0 Å². The predicted octanol–water partition coefficient (Wildman–Crippen LogP) is 17.3. The fourth-order valence-electron chi connectivity index (χ4n) is 23.8. The van der Waals surface area contributed by atoms with Gasteiger partial charge in [0.2, 0.25) is 16.8 Å². The summed E-state index contributed by atoms with van der Waals surface area (Å²) >= 11 is 0. The number of carbonyl (C=O) groups is 1. The SMILES string of the molecule is CC(C)(C)OO[C@]12C3=C4OC(=O)C5=C(O3)[C@]3(OOC(C)(C)C)c6c1c1c7c2c2c8c9c(c%10c(=O)c%11c%12c%13c%14c(c3c3c6c6c1c1c%15c7c8c7c8c9c9c%10c%11c%10c%13c%11c%13c%14c3c3c6c1c1c(c%157)c6c8c9c%10c%11c6c1c3%13)[C@@]5%12OOC(C)(C)C)[C@@]42OOC(C)(C)C. The zero-order chi connectivity index (χ0) is 57.4. The third-order valence-corrected chi connectivity index (χ3v) is 24.8. The Labute approximate surface area is 488 Å². The average molecular weight is 1140 g/mol. The Bertz CT molecular complexity index is 7540. The van der Waals surface area contributed by atoms with Crippen molar-refractivity contribution in [3.8, 4) is 0 Å². The highest BCUT2D eigenvalue weighted by Crippen LogP contribution is 2.84. The van der Waals surface area contributed by atoms with Crippen LogP contribution in [0.15, 0.2) is 27.6 Å². The number of fused-ring (bicyclic) bond motifs is 6. The first-order valence-electron chi connectivity index (χ1n) is 31.3. The van der Waals surface area contributed by atoms with Crippen molar-refractivity contribution >= 4 is 232 Å². The van der Waals surface area contributed by atoms with Gasteiger partial charge in [-0.25, -0.2) is 43.9 Å².